The van der Waals surface area contributed by atoms with Gasteiger partial charge in [0.15, 0.2) is 0 Å². The van der Waals surface area contributed by atoms with Gasteiger partial charge in [-0.25, -0.2) is 4.39 Å². The lowest BCUT2D eigenvalue weighted by atomic mass is 9.96. The van der Waals surface area contributed by atoms with Gasteiger partial charge in [-0.2, -0.15) is 0 Å². The van der Waals surface area contributed by atoms with E-state index in [0.29, 0.717) is 5.75 Å². The summed E-state index contributed by atoms with van der Waals surface area (Å²) in [5.74, 6) is 1.41. The van der Waals surface area contributed by atoms with Gasteiger partial charge in [0.25, 0.3) is 0 Å². The highest BCUT2D eigenvalue weighted by Crippen LogP contribution is 2.29. The first-order valence-electron chi connectivity index (χ1n) is 7.62. The molecule has 22 heavy (non-hydrogen) atoms. The van der Waals surface area contributed by atoms with Gasteiger partial charge in [0.05, 0.1) is 0 Å². The van der Waals surface area contributed by atoms with E-state index in [9.17, 15) is 4.39 Å². The first kappa shape index (κ1) is 16.3. The van der Waals surface area contributed by atoms with Gasteiger partial charge in [-0.3, -0.25) is 0 Å². The van der Waals surface area contributed by atoms with Gasteiger partial charge >= 0.3 is 0 Å². The van der Waals surface area contributed by atoms with Crippen molar-refractivity contribution in [2.24, 2.45) is 0 Å². The lowest BCUT2D eigenvalue weighted by Crippen LogP contribution is -2.25. The van der Waals surface area contributed by atoms with Gasteiger partial charge in [0.1, 0.15) is 30.4 Å². The molecule has 0 amide bonds. The zero-order valence-electron chi connectivity index (χ0n) is 13.4. The van der Waals surface area contributed by atoms with E-state index < -0.39 is 12.3 Å². The SMILES string of the molecule is CCc1ccc(C(C)(C)Oc2ccc(OCCF)cc2)cc1. The first-order chi connectivity index (χ1) is 10.5. The van der Waals surface area contributed by atoms with Crippen LogP contribution in [-0.2, 0) is 12.0 Å². The second kappa shape index (κ2) is 7.30. The number of halogens is 1. The molecule has 3 heteroatoms. The maximum Gasteiger partial charge on any atom is 0.128 e. The largest absolute Gasteiger partial charge is 0.491 e. The average Bonchev–Trinajstić information content (AvgIpc) is 2.54. The summed E-state index contributed by atoms with van der Waals surface area (Å²) >= 11 is 0. The highest BCUT2D eigenvalue weighted by molar-refractivity contribution is 5.33. The van der Waals surface area contributed by atoms with Crippen LogP contribution >= 0.6 is 0 Å². The molecule has 2 aromatic carbocycles. The van der Waals surface area contributed by atoms with Crippen LogP contribution in [0.3, 0.4) is 0 Å². The smallest absolute Gasteiger partial charge is 0.128 e. The normalized spacial score (nSPS) is 11.3. The fourth-order valence-corrected chi connectivity index (χ4v) is 2.26. The van der Waals surface area contributed by atoms with E-state index in [1.54, 1.807) is 12.1 Å². The summed E-state index contributed by atoms with van der Waals surface area (Å²) in [6.45, 7) is 5.82. The number of alkyl halides is 1. The first-order valence-corrected chi connectivity index (χ1v) is 7.62. The Morgan fingerprint density at radius 3 is 2.05 bits per heavy atom. The van der Waals surface area contributed by atoms with Crippen LogP contribution in [0.1, 0.15) is 31.9 Å². The van der Waals surface area contributed by atoms with Crippen molar-refractivity contribution in [3.05, 3.63) is 59.7 Å². The van der Waals surface area contributed by atoms with Crippen molar-refractivity contribution in [1.29, 1.82) is 0 Å². The maximum absolute atomic E-state index is 12.1. The molecular formula is C19H23FO2. The van der Waals surface area contributed by atoms with Gasteiger partial charge in [0.2, 0.25) is 0 Å². The molecule has 0 aliphatic rings. The molecule has 0 fully saturated rings. The Morgan fingerprint density at radius 2 is 1.50 bits per heavy atom. The fraction of sp³-hybridized carbons (Fsp3) is 0.368. The molecule has 2 aromatic rings. The minimum atomic E-state index is -0.487. The topological polar surface area (TPSA) is 18.5 Å². The second-order valence-corrected chi connectivity index (χ2v) is 5.67. The van der Waals surface area contributed by atoms with Gasteiger partial charge in [0, 0.05) is 0 Å². The fourth-order valence-electron chi connectivity index (χ4n) is 2.26. The molecule has 0 unspecified atom stereocenters. The van der Waals surface area contributed by atoms with Gasteiger partial charge in [-0.05, 0) is 55.7 Å². The molecule has 0 heterocycles. The van der Waals surface area contributed by atoms with Crippen molar-refractivity contribution in [1.82, 2.24) is 0 Å². The highest BCUT2D eigenvalue weighted by atomic mass is 19.1. The Labute approximate surface area is 131 Å². The summed E-state index contributed by atoms with van der Waals surface area (Å²) in [5.41, 5.74) is 2.02. The Kier molecular flexibility index (Phi) is 5.42. The number of ether oxygens (including phenoxy) is 2. The summed E-state index contributed by atoms with van der Waals surface area (Å²) in [4.78, 5) is 0. The third-order valence-corrected chi connectivity index (χ3v) is 3.60. The molecule has 0 aromatic heterocycles. The summed E-state index contributed by atoms with van der Waals surface area (Å²) in [5, 5.41) is 0. The van der Waals surface area contributed by atoms with E-state index in [0.717, 1.165) is 17.7 Å². The van der Waals surface area contributed by atoms with E-state index in [1.807, 2.05) is 26.0 Å². The minimum Gasteiger partial charge on any atom is -0.491 e. The molecule has 0 spiro atoms. The summed E-state index contributed by atoms with van der Waals surface area (Å²) in [7, 11) is 0. The molecule has 0 bridgehead atoms. The van der Waals surface area contributed by atoms with E-state index in [4.69, 9.17) is 9.47 Å². The molecule has 118 valence electrons. The van der Waals surface area contributed by atoms with Crippen LogP contribution in [0.4, 0.5) is 4.39 Å². The van der Waals surface area contributed by atoms with Crippen LogP contribution in [0.25, 0.3) is 0 Å². The number of aryl methyl sites for hydroxylation is 1. The molecule has 0 aliphatic carbocycles. The van der Waals surface area contributed by atoms with Crippen molar-refractivity contribution in [2.75, 3.05) is 13.3 Å². The number of rotatable bonds is 7. The van der Waals surface area contributed by atoms with Crippen LogP contribution in [0.5, 0.6) is 11.5 Å². The zero-order valence-corrected chi connectivity index (χ0v) is 13.4. The molecule has 2 rings (SSSR count). The second-order valence-electron chi connectivity index (χ2n) is 5.67. The molecule has 0 aliphatic heterocycles. The van der Waals surface area contributed by atoms with Crippen LogP contribution < -0.4 is 9.47 Å². The Morgan fingerprint density at radius 1 is 0.909 bits per heavy atom. The van der Waals surface area contributed by atoms with E-state index in [2.05, 4.69) is 31.2 Å². The third kappa shape index (κ3) is 4.23. The third-order valence-electron chi connectivity index (χ3n) is 3.60. The van der Waals surface area contributed by atoms with Crippen LogP contribution in [0.2, 0.25) is 0 Å². The van der Waals surface area contributed by atoms with E-state index in [-0.39, 0.29) is 6.61 Å². The Balaban J connectivity index is 2.06. The number of hydrogen-bond donors (Lipinski definition) is 0. The maximum atomic E-state index is 12.1. The summed E-state index contributed by atoms with van der Waals surface area (Å²) < 4.78 is 23.4. The van der Waals surface area contributed by atoms with Gasteiger partial charge in [-0.1, -0.05) is 31.2 Å². The van der Waals surface area contributed by atoms with Crippen LogP contribution in [-0.4, -0.2) is 13.3 Å². The molecule has 0 saturated heterocycles. The van der Waals surface area contributed by atoms with Crippen molar-refractivity contribution >= 4 is 0 Å². The van der Waals surface area contributed by atoms with Gasteiger partial charge in [-0.15, -0.1) is 0 Å². The van der Waals surface area contributed by atoms with Crippen molar-refractivity contribution in [3.63, 3.8) is 0 Å². The Hall–Kier alpha value is -2.03. The standard InChI is InChI=1S/C19H23FO2/c1-4-15-5-7-16(8-6-15)19(2,3)22-18-11-9-17(10-12-18)21-14-13-20/h5-12H,4,13-14H2,1-3H3. The lowest BCUT2D eigenvalue weighted by Gasteiger charge is -2.27. The predicted molar refractivity (Wildman–Crippen MR) is 87.4 cm³/mol. The molecule has 0 atom stereocenters. The number of hydrogen-bond acceptors (Lipinski definition) is 2. The monoisotopic (exact) mass is 302 g/mol. The minimum absolute atomic E-state index is 0.0788. The molecule has 0 radical (unpaired) electrons. The summed E-state index contributed by atoms with van der Waals surface area (Å²) in [6, 6.07) is 15.8. The van der Waals surface area contributed by atoms with Crippen molar-refractivity contribution in [3.8, 4) is 11.5 Å². The average molecular weight is 302 g/mol. The van der Waals surface area contributed by atoms with Gasteiger partial charge < -0.3 is 9.47 Å². The lowest BCUT2D eigenvalue weighted by molar-refractivity contribution is 0.108. The number of benzene rings is 2. The van der Waals surface area contributed by atoms with Crippen molar-refractivity contribution in [2.45, 2.75) is 32.8 Å². The van der Waals surface area contributed by atoms with Crippen LogP contribution in [0, 0.1) is 0 Å². The zero-order chi connectivity index (χ0) is 16.0. The molecule has 2 nitrogen and oxygen atoms in total. The van der Waals surface area contributed by atoms with E-state index in [1.165, 1.54) is 5.56 Å². The highest BCUT2D eigenvalue weighted by Gasteiger charge is 2.22. The predicted octanol–water partition coefficient (Wildman–Crippen LogP) is 4.91. The molecular weight excluding hydrogens is 279 g/mol. The molecule has 0 saturated carbocycles. The quantitative estimate of drug-likeness (QED) is 0.723. The van der Waals surface area contributed by atoms with Crippen LogP contribution in [0.15, 0.2) is 48.5 Å². The van der Waals surface area contributed by atoms with E-state index >= 15 is 0 Å². The molecule has 0 N–H and O–H groups in total. The van der Waals surface area contributed by atoms with Crippen molar-refractivity contribution < 1.29 is 13.9 Å². The summed E-state index contributed by atoms with van der Waals surface area (Å²) in [6.07, 6.45) is 1.03. The Bertz CT molecular complexity index is 573.